The molecule has 0 atom stereocenters. The zero-order valence-corrected chi connectivity index (χ0v) is 6.15. The highest BCUT2D eigenvalue weighted by atomic mass is 16.6. The summed E-state index contributed by atoms with van der Waals surface area (Å²) in [6.07, 6.45) is 5.04. The number of nitro benzene ring substituents is 1. The van der Waals surface area contributed by atoms with E-state index in [0.29, 0.717) is 5.46 Å². The van der Waals surface area contributed by atoms with Gasteiger partial charge in [0.25, 0.3) is 5.69 Å². The molecule has 0 fully saturated rings. The predicted molar refractivity (Wildman–Crippen MR) is 46.4 cm³/mol. The summed E-state index contributed by atoms with van der Waals surface area (Å²) in [4.78, 5) is 9.84. The molecule has 0 saturated carbocycles. The molecule has 4 heteroatoms. The van der Waals surface area contributed by atoms with Crippen LogP contribution < -0.4 is 5.46 Å². The summed E-state index contributed by atoms with van der Waals surface area (Å²) < 4.78 is 0. The largest absolute Gasteiger partial charge is 0.284 e. The fourth-order valence-corrected chi connectivity index (χ4v) is 0.822. The molecule has 2 radical (unpaired) electrons. The standard InChI is InChI=1S/C8H4BNO2/c1-2-6-3-4-7(9)5-8(6)10(11)12/h1,3-5H. The van der Waals surface area contributed by atoms with Gasteiger partial charge in [-0.25, -0.2) is 0 Å². The first kappa shape index (κ1) is 8.34. The minimum absolute atomic E-state index is 0.127. The summed E-state index contributed by atoms with van der Waals surface area (Å²) in [5.74, 6) is 2.21. The van der Waals surface area contributed by atoms with Crippen LogP contribution >= 0.6 is 0 Å². The van der Waals surface area contributed by atoms with E-state index in [-0.39, 0.29) is 11.3 Å². The van der Waals surface area contributed by atoms with Gasteiger partial charge in [-0.1, -0.05) is 17.4 Å². The van der Waals surface area contributed by atoms with Crippen molar-refractivity contribution in [3.05, 3.63) is 33.9 Å². The van der Waals surface area contributed by atoms with Gasteiger partial charge in [-0.3, -0.25) is 10.1 Å². The smallest absolute Gasteiger partial charge is 0.258 e. The Kier molecular flexibility index (Phi) is 2.15. The first-order valence-corrected chi connectivity index (χ1v) is 3.15. The van der Waals surface area contributed by atoms with Crippen molar-refractivity contribution in [2.24, 2.45) is 0 Å². The van der Waals surface area contributed by atoms with Crippen molar-refractivity contribution < 1.29 is 4.92 Å². The Morgan fingerprint density at radius 3 is 2.75 bits per heavy atom. The SMILES string of the molecule is [B]c1ccc(C#C)c([N+](=O)[O-])c1. The van der Waals surface area contributed by atoms with Gasteiger partial charge in [0.15, 0.2) is 0 Å². The Balaban J connectivity index is 3.34. The average molecular weight is 157 g/mol. The quantitative estimate of drug-likeness (QED) is 0.256. The first-order valence-electron chi connectivity index (χ1n) is 3.15. The summed E-state index contributed by atoms with van der Waals surface area (Å²) >= 11 is 0. The highest BCUT2D eigenvalue weighted by Gasteiger charge is 2.10. The number of rotatable bonds is 1. The van der Waals surface area contributed by atoms with E-state index in [1.165, 1.54) is 18.2 Å². The molecule has 1 aromatic carbocycles. The number of nitrogens with zero attached hydrogens (tertiary/aromatic N) is 1. The lowest BCUT2D eigenvalue weighted by Crippen LogP contribution is -2.04. The van der Waals surface area contributed by atoms with Crippen molar-refractivity contribution in [3.63, 3.8) is 0 Å². The van der Waals surface area contributed by atoms with Crippen molar-refractivity contribution in [3.8, 4) is 12.3 Å². The van der Waals surface area contributed by atoms with Crippen LogP contribution in [-0.2, 0) is 0 Å². The number of nitro groups is 1. The third kappa shape index (κ3) is 1.46. The lowest BCUT2D eigenvalue weighted by molar-refractivity contribution is -0.385. The zero-order valence-electron chi connectivity index (χ0n) is 6.15. The van der Waals surface area contributed by atoms with Crippen molar-refractivity contribution >= 4 is 19.0 Å². The van der Waals surface area contributed by atoms with Crippen LogP contribution in [0.25, 0.3) is 0 Å². The van der Waals surface area contributed by atoms with Gasteiger partial charge in [0.1, 0.15) is 13.4 Å². The highest BCUT2D eigenvalue weighted by Crippen LogP contribution is 2.14. The maximum absolute atomic E-state index is 10.4. The predicted octanol–water partition coefficient (Wildman–Crippen LogP) is 0.370. The van der Waals surface area contributed by atoms with Gasteiger partial charge in [0.05, 0.1) is 4.92 Å². The van der Waals surface area contributed by atoms with E-state index >= 15 is 0 Å². The minimum Gasteiger partial charge on any atom is -0.258 e. The maximum Gasteiger partial charge on any atom is 0.284 e. The van der Waals surface area contributed by atoms with Crippen molar-refractivity contribution in [1.29, 1.82) is 0 Å². The molecule has 0 unspecified atom stereocenters. The molecule has 0 N–H and O–H groups in total. The Morgan fingerprint density at radius 1 is 1.58 bits per heavy atom. The first-order chi connectivity index (χ1) is 5.65. The van der Waals surface area contributed by atoms with E-state index < -0.39 is 4.92 Å². The van der Waals surface area contributed by atoms with Crippen LogP contribution in [0.3, 0.4) is 0 Å². The van der Waals surface area contributed by atoms with E-state index in [0.717, 1.165) is 0 Å². The molecule has 0 heterocycles. The van der Waals surface area contributed by atoms with Crippen LogP contribution in [0.5, 0.6) is 0 Å². The molecule has 0 aromatic heterocycles. The molecule has 12 heavy (non-hydrogen) atoms. The Labute approximate surface area is 71.0 Å². The molecule has 3 nitrogen and oxygen atoms in total. The van der Waals surface area contributed by atoms with E-state index in [9.17, 15) is 10.1 Å². The lowest BCUT2D eigenvalue weighted by atomic mass is 9.94. The lowest BCUT2D eigenvalue weighted by Gasteiger charge is -1.96. The Bertz CT molecular complexity index is 368. The average Bonchev–Trinajstić information content (AvgIpc) is 2.04. The molecule has 0 aliphatic rings. The fraction of sp³-hybridized carbons (Fsp3) is 0. The molecule has 0 bridgehead atoms. The van der Waals surface area contributed by atoms with Crippen LogP contribution in [-0.4, -0.2) is 12.8 Å². The minimum atomic E-state index is -0.550. The van der Waals surface area contributed by atoms with E-state index in [2.05, 4.69) is 5.92 Å². The Morgan fingerprint density at radius 2 is 2.25 bits per heavy atom. The van der Waals surface area contributed by atoms with Gasteiger partial charge < -0.3 is 0 Å². The summed E-state index contributed by atoms with van der Waals surface area (Å²) in [6, 6.07) is 4.23. The van der Waals surface area contributed by atoms with Gasteiger partial charge in [0.2, 0.25) is 0 Å². The second-order valence-electron chi connectivity index (χ2n) is 2.18. The number of terminal acetylenes is 1. The molecule has 1 rings (SSSR count). The molecule has 0 spiro atoms. The van der Waals surface area contributed by atoms with Crippen molar-refractivity contribution in [2.75, 3.05) is 0 Å². The van der Waals surface area contributed by atoms with Gasteiger partial charge in [0, 0.05) is 6.07 Å². The van der Waals surface area contributed by atoms with Crippen molar-refractivity contribution in [1.82, 2.24) is 0 Å². The van der Waals surface area contributed by atoms with Crippen LogP contribution in [0, 0.1) is 22.5 Å². The second-order valence-corrected chi connectivity index (χ2v) is 2.18. The number of benzene rings is 1. The van der Waals surface area contributed by atoms with E-state index in [4.69, 9.17) is 14.3 Å². The summed E-state index contributed by atoms with van der Waals surface area (Å²) in [6.45, 7) is 0. The topological polar surface area (TPSA) is 43.1 Å². The van der Waals surface area contributed by atoms with Crippen LogP contribution in [0.1, 0.15) is 5.56 Å². The summed E-state index contributed by atoms with van der Waals surface area (Å²) in [5, 5.41) is 10.4. The molecule has 0 saturated heterocycles. The van der Waals surface area contributed by atoms with E-state index in [1.807, 2.05) is 0 Å². The van der Waals surface area contributed by atoms with Gasteiger partial charge in [-0.15, -0.1) is 6.42 Å². The summed E-state index contributed by atoms with van der Waals surface area (Å²) in [7, 11) is 5.35. The summed E-state index contributed by atoms with van der Waals surface area (Å²) in [5.41, 5.74) is 0.451. The normalized spacial score (nSPS) is 8.92. The number of hydrogen-bond acceptors (Lipinski definition) is 2. The van der Waals surface area contributed by atoms with Crippen molar-refractivity contribution in [2.45, 2.75) is 0 Å². The molecular formula is C8H4BNO2. The highest BCUT2D eigenvalue weighted by molar-refractivity contribution is 6.32. The molecule has 0 aliphatic heterocycles. The van der Waals surface area contributed by atoms with Gasteiger partial charge in [-0.2, -0.15) is 0 Å². The van der Waals surface area contributed by atoms with Crippen LogP contribution in [0.2, 0.25) is 0 Å². The van der Waals surface area contributed by atoms with Gasteiger partial charge in [-0.05, 0) is 6.07 Å². The molecule has 0 amide bonds. The monoisotopic (exact) mass is 157 g/mol. The zero-order chi connectivity index (χ0) is 9.14. The third-order valence-electron chi connectivity index (χ3n) is 1.37. The van der Waals surface area contributed by atoms with E-state index in [1.54, 1.807) is 0 Å². The molecule has 0 aliphatic carbocycles. The van der Waals surface area contributed by atoms with Crippen LogP contribution in [0.4, 0.5) is 5.69 Å². The maximum atomic E-state index is 10.4. The van der Waals surface area contributed by atoms with Crippen LogP contribution in [0.15, 0.2) is 18.2 Å². The molecule has 1 aromatic rings. The third-order valence-corrected chi connectivity index (χ3v) is 1.37. The molecular weight excluding hydrogens is 153 g/mol. The second kappa shape index (κ2) is 3.10. The Hall–Kier alpha value is -1.76. The number of hydrogen-bond donors (Lipinski definition) is 0. The van der Waals surface area contributed by atoms with Gasteiger partial charge >= 0.3 is 0 Å². The molecule has 56 valence electrons. The fourth-order valence-electron chi connectivity index (χ4n) is 0.822.